The molecule has 3 aliphatic rings. The lowest BCUT2D eigenvalue weighted by Gasteiger charge is -2.40. The summed E-state index contributed by atoms with van der Waals surface area (Å²) in [5, 5.41) is 6.68. The Balaban J connectivity index is 1.17. The Labute approximate surface area is 188 Å². The molecule has 1 saturated heterocycles. The summed E-state index contributed by atoms with van der Waals surface area (Å²) in [5.41, 5.74) is 7.05. The van der Waals surface area contributed by atoms with Gasteiger partial charge in [0.25, 0.3) is 0 Å². The van der Waals surface area contributed by atoms with Gasteiger partial charge in [0.1, 0.15) is 5.69 Å². The third-order valence-corrected chi connectivity index (χ3v) is 7.13. The molecule has 8 nitrogen and oxygen atoms in total. The van der Waals surface area contributed by atoms with E-state index < -0.39 is 0 Å². The molecular formula is C23H42N8. The predicted molar refractivity (Wildman–Crippen MR) is 130 cm³/mol. The highest BCUT2D eigenvalue weighted by atomic mass is 15.4. The predicted octanol–water partition coefficient (Wildman–Crippen LogP) is 3.19. The van der Waals surface area contributed by atoms with Crippen molar-refractivity contribution in [2.45, 2.75) is 70.8 Å². The fourth-order valence-corrected chi connectivity index (χ4v) is 5.19. The van der Waals surface area contributed by atoms with E-state index in [1.165, 1.54) is 77.7 Å². The quantitative estimate of drug-likeness (QED) is 0.488. The number of anilines is 4. The van der Waals surface area contributed by atoms with Gasteiger partial charge in [0.2, 0.25) is 5.95 Å². The van der Waals surface area contributed by atoms with Gasteiger partial charge in [0.15, 0.2) is 11.6 Å². The summed E-state index contributed by atoms with van der Waals surface area (Å²) in [7, 11) is 0. The van der Waals surface area contributed by atoms with Gasteiger partial charge in [-0.3, -0.25) is 4.90 Å². The average Bonchev–Trinajstić information content (AvgIpc) is 3.21. The van der Waals surface area contributed by atoms with Crippen molar-refractivity contribution in [3.8, 4) is 0 Å². The number of nitrogens with two attached hydrogens (primary N) is 1. The van der Waals surface area contributed by atoms with Crippen molar-refractivity contribution >= 4 is 23.3 Å². The Morgan fingerprint density at radius 1 is 1.00 bits per heavy atom. The maximum absolute atomic E-state index is 6.17. The van der Waals surface area contributed by atoms with Crippen LogP contribution in [0.15, 0.2) is 0 Å². The fourth-order valence-electron chi connectivity index (χ4n) is 5.19. The summed E-state index contributed by atoms with van der Waals surface area (Å²) < 4.78 is 0. The molecule has 1 saturated carbocycles. The SMILES string of the molecule is CCCCNc1nc(N)c2c(n1)N(CCCCN1CCN(C3CCCCC3)CC1)CN2. The van der Waals surface area contributed by atoms with Crippen molar-refractivity contribution in [2.75, 3.05) is 73.7 Å². The van der Waals surface area contributed by atoms with Crippen molar-refractivity contribution in [3.05, 3.63) is 0 Å². The standard InChI is InChI=1S/C23H42N8/c1-2-3-11-25-23-27-21(24)20-22(28-23)31(18-26-20)13-8-7-12-29-14-16-30(17-15-29)19-9-5-4-6-10-19/h19,26H,2-18H2,1H3,(H3,24,25,27,28). The van der Waals surface area contributed by atoms with E-state index in [1.54, 1.807) is 0 Å². The Morgan fingerprint density at radius 3 is 2.55 bits per heavy atom. The van der Waals surface area contributed by atoms with Gasteiger partial charge in [0, 0.05) is 45.3 Å². The van der Waals surface area contributed by atoms with Crippen LogP contribution < -0.4 is 21.3 Å². The summed E-state index contributed by atoms with van der Waals surface area (Å²) >= 11 is 0. The summed E-state index contributed by atoms with van der Waals surface area (Å²) in [4.78, 5) is 16.9. The van der Waals surface area contributed by atoms with Crippen LogP contribution in [0, 0.1) is 0 Å². The van der Waals surface area contributed by atoms with Crippen LogP contribution in [0.2, 0.25) is 0 Å². The highest BCUT2D eigenvalue weighted by Crippen LogP contribution is 2.34. The van der Waals surface area contributed by atoms with Crippen molar-refractivity contribution in [3.63, 3.8) is 0 Å². The number of aromatic nitrogens is 2. The van der Waals surface area contributed by atoms with Gasteiger partial charge in [-0.15, -0.1) is 0 Å². The molecule has 0 atom stereocenters. The molecule has 0 radical (unpaired) electrons. The second kappa shape index (κ2) is 11.2. The molecule has 8 heteroatoms. The van der Waals surface area contributed by atoms with Crippen molar-refractivity contribution in [1.29, 1.82) is 0 Å². The molecule has 0 amide bonds. The van der Waals surface area contributed by atoms with E-state index in [4.69, 9.17) is 10.7 Å². The van der Waals surface area contributed by atoms with Crippen molar-refractivity contribution in [2.24, 2.45) is 0 Å². The van der Waals surface area contributed by atoms with Gasteiger partial charge in [-0.2, -0.15) is 9.97 Å². The highest BCUT2D eigenvalue weighted by Gasteiger charge is 2.26. The van der Waals surface area contributed by atoms with Crippen molar-refractivity contribution in [1.82, 2.24) is 19.8 Å². The molecule has 4 rings (SSSR count). The van der Waals surface area contributed by atoms with Crippen LogP contribution in [0.4, 0.5) is 23.3 Å². The zero-order valence-electron chi connectivity index (χ0n) is 19.4. The molecule has 174 valence electrons. The molecule has 1 aromatic heterocycles. The van der Waals surface area contributed by atoms with Crippen LogP contribution in [-0.4, -0.2) is 78.3 Å². The van der Waals surface area contributed by atoms with Gasteiger partial charge in [-0.05, 0) is 38.6 Å². The number of piperazine rings is 1. The first-order chi connectivity index (χ1) is 15.2. The molecule has 2 fully saturated rings. The topological polar surface area (TPSA) is 85.6 Å². The third-order valence-electron chi connectivity index (χ3n) is 7.13. The van der Waals surface area contributed by atoms with E-state index >= 15 is 0 Å². The third kappa shape index (κ3) is 5.92. The molecule has 4 N–H and O–H groups in total. The number of fused-ring (bicyclic) bond motifs is 1. The molecule has 2 aliphatic heterocycles. The first-order valence-corrected chi connectivity index (χ1v) is 12.6. The maximum Gasteiger partial charge on any atom is 0.226 e. The van der Waals surface area contributed by atoms with Gasteiger partial charge in [0.05, 0.1) is 6.67 Å². The number of rotatable bonds is 10. The van der Waals surface area contributed by atoms with Gasteiger partial charge >= 0.3 is 0 Å². The van der Waals surface area contributed by atoms with Crippen LogP contribution in [-0.2, 0) is 0 Å². The number of nitrogens with one attached hydrogen (secondary N) is 2. The first-order valence-electron chi connectivity index (χ1n) is 12.6. The number of hydrogen-bond donors (Lipinski definition) is 3. The molecule has 0 unspecified atom stereocenters. The van der Waals surface area contributed by atoms with E-state index in [9.17, 15) is 0 Å². The molecule has 0 aromatic carbocycles. The number of hydrogen-bond acceptors (Lipinski definition) is 8. The zero-order valence-corrected chi connectivity index (χ0v) is 19.4. The Hall–Kier alpha value is -1.80. The van der Waals surface area contributed by atoms with Gasteiger partial charge in [-0.1, -0.05) is 32.6 Å². The average molecular weight is 431 g/mol. The zero-order chi connectivity index (χ0) is 21.5. The van der Waals surface area contributed by atoms with E-state index in [0.717, 1.165) is 50.1 Å². The van der Waals surface area contributed by atoms with Crippen LogP contribution in [0.25, 0.3) is 0 Å². The van der Waals surface area contributed by atoms with Gasteiger partial charge < -0.3 is 26.2 Å². The lowest BCUT2D eigenvalue weighted by atomic mass is 9.94. The molecule has 31 heavy (non-hydrogen) atoms. The smallest absolute Gasteiger partial charge is 0.226 e. The lowest BCUT2D eigenvalue weighted by molar-refractivity contribution is 0.0783. The maximum atomic E-state index is 6.17. The summed E-state index contributed by atoms with van der Waals surface area (Å²) in [6.45, 7) is 11.1. The summed E-state index contributed by atoms with van der Waals surface area (Å²) in [6, 6.07) is 0.870. The van der Waals surface area contributed by atoms with E-state index in [1.807, 2.05) is 0 Å². The molecule has 0 bridgehead atoms. The Bertz CT molecular complexity index is 682. The fraction of sp³-hybridized carbons (Fsp3) is 0.826. The number of nitrogens with zero attached hydrogens (tertiary/aromatic N) is 5. The van der Waals surface area contributed by atoms with Gasteiger partial charge in [-0.25, -0.2) is 0 Å². The minimum Gasteiger partial charge on any atom is -0.382 e. The number of unbranched alkanes of at least 4 members (excludes halogenated alkanes) is 2. The second-order valence-corrected chi connectivity index (χ2v) is 9.39. The largest absolute Gasteiger partial charge is 0.382 e. The molecule has 1 aliphatic carbocycles. The van der Waals surface area contributed by atoms with E-state index in [2.05, 4.69) is 37.2 Å². The monoisotopic (exact) mass is 430 g/mol. The Kier molecular flexibility index (Phi) is 8.08. The second-order valence-electron chi connectivity index (χ2n) is 9.39. The van der Waals surface area contributed by atoms with Crippen LogP contribution in [0.5, 0.6) is 0 Å². The molecular weight excluding hydrogens is 388 g/mol. The van der Waals surface area contributed by atoms with E-state index in [0.29, 0.717) is 11.8 Å². The minimum atomic E-state index is 0.544. The van der Waals surface area contributed by atoms with Crippen molar-refractivity contribution < 1.29 is 0 Å². The Morgan fingerprint density at radius 2 is 1.77 bits per heavy atom. The summed E-state index contributed by atoms with van der Waals surface area (Å²) in [6.07, 6.45) is 11.8. The minimum absolute atomic E-state index is 0.544. The van der Waals surface area contributed by atoms with Crippen LogP contribution in [0.3, 0.4) is 0 Å². The van der Waals surface area contributed by atoms with Crippen LogP contribution >= 0.6 is 0 Å². The first kappa shape index (κ1) is 22.4. The van der Waals surface area contributed by atoms with E-state index in [-0.39, 0.29) is 0 Å². The van der Waals surface area contributed by atoms with Crippen LogP contribution in [0.1, 0.15) is 64.7 Å². The normalized spacial score (nSPS) is 20.6. The number of nitrogen functional groups attached to an aromatic ring is 1. The lowest BCUT2D eigenvalue weighted by Crippen LogP contribution is -2.50. The molecule has 1 aromatic rings. The summed E-state index contributed by atoms with van der Waals surface area (Å²) in [5.74, 6) is 2.14. The molecule has 0 spiro atoms. The highest BCUT2D eigenvalue weighted by molar-refractivity contribution is 5.81. The molecule has 3 heterocycles.